The largest absolute Gasteiger partial charge is 0.490 e. The van der Waals surface area contributed by atoms with E-state index in [0.29, 0.717) is 42.6 Å². The molecule has 9 heteroatoms. The predicted octanol–water partition coefficient (Wildman–Crippen LogP) is 4.97. The lowest BCUT2D eigenvalue weighted by Gasteiger charge is -2.16. The lowest BCUT2D eigenvalue weighted by atomic mass is 10.2. The van der Waals surface area contributed by atoms with E-state index in [1.165, 1.54) is 17.3 Å². The van der Waals surface area contributed by atoms with Gasteiger partial charge in [0.15, 0.2) is 11.5 Å². The summed E-state index contributed by atoms with van der Waals surface area (Å²) in [6.45, 7) is 9.07. The maximum Gasteiger partial charge on any atom is 0.322 e. The minimum absolute atomic E-state index is 0.0271. The van der Waals surface area contributed by atoms with Gasteiger partial charge < -0.3 is 18.6 Å². The number of nitrogens with one attached hydrogen (secondary N) is 1. The molecule has 1 N–H and O–H groups in total. The summed E-state index contributed by atoms with van der Waals surface area (Å²) in [6, 6.07) is 11.5. The molecule has 3 aromatic rings. The Kier molecular flexibility index (Phi) is 8.38. The zero-order valence-corrected chi connectivity index (χ0v) is 19.5. The molecule has 0 atom stereocenters. The van der Waals surface area contributed by atoms with E-state index < -0.39 is 0 Å². The van der Waals surface area contributed by atoms with Gasteiger partial charge in [0.25, 0.3) is 0 Å². The number of ether oxygens (including phenoxy) is 3. The van der Waals surface area contributed by atoms with E-state index in [1.54, 1.807) is 12.1 Å². The Morgan fingerprint density at radius 2 is 1.59 bits per heavy atom. The molecule has 0 aliphatic heterocycles. The van der Waals surface area contributed by atoms with Crippen LogP contribution in [-0.2, 0) is 4.79 Å². The molecule has 1 aromatic heterocycles. The molecule has 0 spiro atoms. The molecule has 170 valence electrons. The molecule has 0 aliphatic rings. The Balaban J connectivity index is 1.73. The molecule has 3 rings (SSSR count). The van der Waals surface area contributed by atoms with Gasteiger partial charge in [0.1, 0.15) is 0 Å². The summed E-state index contributed by atoms with van der Waals surface area (Å²) >= 11 is 1.43. The molecule has 0 saturated carbocycles. The van der Waals surface area contributed by atoms with Crippen molar-refractivity contribution in [3.05, 3.63) is 42.0 Å². The molecule has 32 heavy (non-hydrogen) atoms. The Hall–Kier alpha value is -3.20. The Morgan fingerprint density at radius 1 is 0.969 bits per heavy atom. The van der Waals surface area contributed by atoms with Crippen molar-refractivity contribution >= 4 is 23.7 Å². The summed E-state index contributed by atoms with van der Waals surface area (Å²) in [5, 5.41) is 10.6. The molecule has 0 fully saturated rings. The highest BCUT2D eigenvalue weighted by molar-refractivity contribution is 8.00. The second-order valence-electron chi connectivity index (χ2n) is 6.66. The first-order chi connectivity index (χ1) is 15.5. The highest BCUT2D eigenvalue weighted by Gasteiger charge is 2.19. The quantitative estimate of drug-likeness (QED) is 0.403. The molecule has 2 aromatic carbocycles. The highest BCUT2D eigenvalue weighted by Crippen LogP contribution is 2.41. The van der Waals surface area contributed by atoms with Crippen LogP contribution in [0.25, 0.3) is 11.5 Å². The number of carbonyl (C=O) groups is 1. The summed E-state index contributed by atoms with van der Waals surface area (Å²) in [5.74, 6) is 1.80. The molecular formula is C23H27N3O5S. The molecule has 0 aliphatic carbocycles. The van der Waals surface area contributed by atoms with Crippen LogP contribution in [0.15, 0.2) is 45.7 Å². The Morgan fingerprint density at radius 3 is 2.19 bits per heavy atom. The molecule has 8 nitrogen and oxygen atoms in total. The fourth-order valence-electron chi connectivity index (χ4n) is 2.84. The highest BCUT2D eigenvalue weighted by atomic mass is 32.2. The zero-order valence-electron chi connectivity index (χ0n) is 18.6. The zero-order chi connectivity index (χ0) is 22.9. The SMILES string of the molecule is CCOc1cc(-c2nnc(NC(=O)CSc3ccc(C)cc3)o2)cc(OCC)c1OCC. The van der Waals surface area contributed by atoms with E-state index in [1.807, 2.05) is 52.0 Å². The molecule has 1 heterocycles. The number of nitrogens with zero attached hydrogens (tertiary/aromatic N) is 2. The van der Waals surface area contributed by atoms with Crippen molar-refractivity contribution < 1.29 is 23.4 Å². The van der Waals surface area contributed by atoms with Crippen molar-refractivity contribution in [1.82, 2.24) is 10.2 Å². The number of carbonyl (C=O) groups excluding carboxylic acids is 1. The molecular weight excluding hydrogens is 430 g/mol. The second-order valence-corrected chi connectivity index (χ2v) is 7.71. The van der Waals surface area contributed by atoms with Gasteiger partial charge in [-0.3, -0.25) is 10.1 Å². The van der Waals surface area contributed by atoms with Gasteiger partial charge in [0.2, 0.25) is 17.5 Å². The third-order valence-electron chi connectivity index (χ3n) is 4.22. The number of thioether (sulfide) groups is 1. The standard InChI is InChI=1S/C23H27N3O5S/c1-5-28-18-12-16(13-19(29-6-2)21(18)30-7-3)22-25-26-23(31-22)24-20(27)14-32-17-10-8-15(4)9-11-17/h8-13H,5-7,14H2,1-4H3,(H,24,26,27). The van der Waals surface area contributed by atoms with Gasteiger partial charge in [0, 0.05) is 10.5 Å². The Bertz CT molecular complexity index is 1010. The van der Waals surface area contributed by atoms with Crippen LogP contribution in [-0.4, -0.2) is 41.7 Å². The maximum atomic E-state index is 12.3. The molecule has 0 saturated heterocycles. The van der Waals surface area contributed by atoms with E-state index in [9.17, 15) is 4.79 Å². The smallest absolute Gasteiger partial charge is 0.322 e. The molecule has 1 amide bonds. The van der Waals surface area contributed by atoms with Crippen LogP contribution in [0.4, 0.5) is 6.01 Å². The maximum absolute atomic E-state index is 12.3. The van der Waals surface area contributed by atoms with E-state index in [2.05, 4.69) is 15.5 Å². The number of aromatic nitrogens is 2. The minimum atomic E-state index is -0.234. The van der Waals surface area contributed by atoms with E-state index >= 15 is 0 Å². The first-order valence-corrected chi connectivity index (χ1v) is 11.4. The minimum Gasteiger partial charge on any atom is -0.490 e. The van der Waals surface area contributed by atoms with Crippen LogP contribution >= 0.6 is 11.8 Å². The van der Waals surface area contributed by atoms with Gasteiger partial charge in [-0.15, -0.1) is 16.9 Å². The number of hydrogen-bond donors (Lipinski definition) is 1. The summed E-state index contributed by atoms with van der Waals surface area (Å²) in [6.07, 6.45) is 0. The number of benzene rings is 2. The predicted molar refractivity (Wildman–Crippen MR) is 124 cm³/mol. The molecule has 0 unspecified atom stereocenters. The average molecular weight is 458 g/mol. The van der Waals surface area contributed by atoms with Crippen molar-refractivity contribution in [3.8, 4) is 28.7 Å². The van der Waals surface area contributed by atoms with Crippen LogP contribution < -0.4 is 19.5 Å². The van der Waals surface area contributed by atoms with Crippen molar-refractivity contribution in [2.24, 2.45) is 0 Å². The van der Waals surface area contributed by atoms with E-state index in [4.69, 9.17) is 18.6 Å². The van der Waals surface area contributed by atoms with Gasteiger partial charge in [-0.1, -0.05) is 22.8 Å². The lowest BCUT2D eigenvalue weighted by molar-refractivity contribution is -0.113. The monoisotopic (exact) mass is 457 g/mol. The number of aryl methyl sites for hydroxylation is 1. The summed E-state index contributed by atoms with van der Waals surface area (Å²) in [5.41, 5.74) is 1.77. The fraction of sp³-hybridized carbons (Fsp3) is 0.348. The van der Waals surface area contributed by atoms with Crippen LogP contribution in [0, 0.1) is 6.92 Å². The summed E-state index contributed by atoms with van der Waals surface area (Å²) < 4.78 is 22.8. The molecule has 0 radical (unpaired) electrons. The van der Waals surface area contributed by atoms with Gasteiger partial charge >= 0.3 is 6.01 Å². The second kappa shape index (κ2) is 11.4. The van der Waals surface area contributed by atoms with Crippen LogP contribution in [0.1, 0.15) is 26.3 Å². The normalized spacial score (nSPS) is 10.6. The third kappa shape index (κ3) is 6.16. The average Bonchev–Trinajstić information content (AvgIpc) is 3.24. The number of anilines is 1. The Labute approximate surface area is 191 Å². The topological polar surface area (TPSA) is 95.7 Å². The van der Waals surface area contributed by atoms with Crippen molar-refractivity contribution in [2.45, 2.75) is 32.6 Å². The summed E-state index contributed by atoms with van der Waals surface area (Å²) in [7, 11) is 0. The third-order valence-corrected chi connectivity index (χ3v) is 5.23. The van der Waals surface area contributed by atoms with Crippen molar-refractivity contribution in [1.29, 1.82) is 0 Å². The van der Waals surface area contributed by atoms with Crippen molar-refractivity contribution in [2.75, 3.05) is 30.9 Å². The van der Waals surface area contributed by atoms with Gasteiger partial charge in [-0.2, -0.15) is 0 Å². The first kappa shape index (κ1) is 23.5. The van der Waals surface area contributed by atoms with Gasteiger partial charge in [0.05, 0.1) is 25.6 Å². The number of hydrogen-bond acceptors (Lipinski definition) is 8. The lowest BCUT2D eigenvalue weighted by Crippen LogP contribution is -2.14. The fourth-order valence-corrected chi connectivity index (χ4v) is 3.54. The van der Waals surface area contributed by atoms with E-state index in [0.717, 1.165) is 4.90 Å². The number of amides is 1. The van der Waals surface area contributed by atoms with Crippen LogP contribution in [0.3, 0.4) is 0 Å². The van der Waals surface area contributed by atoms with Gasteiger partial charge in [-0.05, 0) is 52.0 Å². The first-order valence-electron chi connectivity index (χ1n) is 10.4. The molecule has 0 bridgehead atoms. The van der Waals surface area contributed by atoms with Gasteiger partial charge in [-0.25, -0.2) is 0 Å². The van der Waals surface area contributed by atoms with Crippen LogP contribution in [0.5, 0.6) is 17.2 Å². The van der Waals surface area contributed by atoms with Crippen molar-refractivity contribution in [3.63, 3.8) is 0 Å². The van der Waals surface area contributed by atoms with E-state index in [-0.39, 0.29) is 23.6 Å². The summed E-state index contributed by atoms with van der Waals surface area (Å²) in [4.78, 5) is 13.3. The number of rotatable bonds is 11. The van der Waals surface area contributed by atoms with Crippen LogP contribution in [0.2, 0.25) is 0 Å².